The first-order chi connectivity index (χ1) is 3.39. The maximum atomic E-state index is 10.1. The van der Waals surface area contributed by atoms with Gasteiger partial charge < -0.3 is 10.1 Å². The summed E-state index contributed by atoms with van der Waals surface area (Å²) in [4.78, 5) is 10.1. The summed E-state index contributed by atoms with van der Waals surface area (Å²) in [6, 6.07) is 0. The van der Waals surface area contributed by atoms with Crippen LogP contribution >= 0.6 is 0 Å². The molecule has 0 aliphatic carbocycles. The summed E-state index contributed by atoms with van der Waals surface area (Å²) >= 11 is 0. The van der Waals surface area contributed by atoms with Crippen LogP contribution in [0.2, 0.25) is 0 Å². The molecule has 1 radical (unpaired) electrons. The molecule has 0 saturated carbocycles. The highest BCUT2D eigenvalue weighted by atomic mass is 16.5. The molecule has 0 aromatic heterocycles. The van der Waals surface area contributed by atoms with Gasteiger partial charge in [-0.15, -0.1) is 0 Å². The first-order valence-electron chi connectivity index (χ1n) is 2.16. The number of ether oxygens (including phenoxy) is 1. The fourth-order valence-electron chi connectivity index (χ4n) is 0.409. The number of carbonyl (C=O) groups is 1. The van der Waals surface area contributed by atoms with Crippen LogP contribution in [0.25, 0.3) is 0 Å². The van der Waals surface area contributed by atoms with Crippen LogP contribution in [0.5, 0.6) is 0 Å². The highest BCUT2D eigenvalue weighted by Gasteiger charge is 2.05. The lowest BCUT2D eigenvalue weighted by Crippen LogP contribution is -2.29. The molecule has 0 aromatic rings. The molecule has 39 valence electrons. The Morgan fingerprint density at radius 2 is 2.71 bits per heavy atom. The van der Waals surface area contributed by atoms with Crippen molar-refractivity contribution in [3.8, 4) is 0 Å². The zero-order valence-corrected chi connectivity index (χ0v) is 3.81. The van der Waals surface area contributed by atoms with E-state index in [9.17, 15) is 4.79 Å². The van der Waals surface area contributed by atoms with E-state index in [1.165, 1.54) is 6.61 Å². The van der Waals surface area contributed by atoms with Crippen LogP contribution in [0.1, 0.15) is 6.42 Å². The zero-order valence-electron chi connectivity index (χ0n) is 3.81. The molecule has 1 saturated heterocycles. The minimum absolute atomic E-state index is 0.341. The first-order valence-corrected chi connectivity index (χ1v) is 2.16. The molecule has 1 amide bonds. The van der Waals surface area contributed by atoms with Crippen molar-refractivity contribution in [1.29, 1.82) is 0 Å². The molecule has 1 fully saturated rings. The third kappa shape index (κ3) is 1.07. The normalized spacial score (nSPS) is 20.3. The van der Waals surface area contributed by atoms with E-state index in [0.29, 0.717) is 6.54 Å². The largest absolute Gasteiger partial charge is 0.442 e. The number of alkyl carbamates (subject to hydrolysis) is 1. The van der Waals surface area contributed by atoms with Gasteiger partial charge in [0, 0.05) is 13.0 Å². The van der Waals surface area contributed by atoms with Gasteiger partial charge in [0.15, 0.2) is 0 Å². The minimum Gasteiger partial charge on any atom is -0.442 e. The Labute approximate surface area is 41.7 Å². The van der Waals surface area contributed by atoms with E-state index in [0.717, 1.165) is 6.42 Å². The Kier molecular flexibility index (Phi) is 1.15. The first kappa shape index (κ1) is 4.43. The van der Waals surface area contributed by atoms with Gasteiger partial charge in [-0.05, 0) is 0 Å². The van der Waals surface area contributed by atoms with Gasteiger partial charge in [0.2, 0.25) is 0 Å². The van der Waals surface area contributed by atoms with Crippen LogP contribution in [0.3, 0.4) is 0 Å². The molecule has 3 nitrogen and oxygen atoms in total. The Balaban J connectivity index is 2.25. The number of cyclic esters (lactones) is 1. The lowest BCUT2D eigenvalue weighted by atomic mass is 10.4. The van der Waals surface area contributed by atoms with Gasteiger partial charge in [-0.25, -0.2) is 4.79 Å². The highest BCUT2D eigenvalue weighted by molar-refractivity contribution is 5.68. The van der Waals surface area contributed by atoms with Crippen molar-refractivity contribution in [2.24, 2.45) is 0 Å². The minimum atomic E-state index is -0.341. The van der Waals surface area contributed by atoms with Gasteiger partial charge in [-0.2, -0.15) is 0 Å². The van der Waals surface area contributed by atoms with Gasteiger partial charge >= 0.3 is 6.09 Å². The monoisotopic (exact) mass is 100 g/mol. The van der Waals surface area contributed by atoms with E-state index in [2.05, 4.69) is 10.1 Å². The number of hydrogen-bond acceptors (Lipinski definition) is 2. The van der Waals surface area contributed by atoms with Gasteiger partial charge in [-0.1, -0.05) is 0 Å². The quantitative estimate of drug-likeness (QED) is 0.474. The summed E-state index contributed by atoms with van der Waals surface area (Å²) in [6.07, 6.45) is 0.470. The summed E-state index contributed by atoms with van der Waals surface area (Å²) in [7, 11) is 0. The molecule has 0 aromatic carbocycles. The predicted octanol–water partition coefficient (Wildman–Crippen LogP) is 0.278. The molecule has 7 heavy (non-hydrogen) atoms. The van der Waals surface area contributed by atoms with E-state index in [-0.39, 0.29) is 6.09 Å². The molecule has 1 rings (SSSR count). The summed E-state index contributed by atoms with van der Waals surface area (Å²) in [5, 5.41) is 2.49. The van der Waals surface area contributed by atoms with E-state index in [1.807, 2.05) is 0 Å². The SMILES string of the molecule is O=C1NCC[CH]O1. The number of amides is 1. The van der Waals surface area contributed by atoms with Crippen LogP contribution < -0.4 is 5.32 Å². The highest BCUT2D eigenvalue weighted by Crippen LogP contribution is 1.93. The van der Waals surface area contributed by atoms with Crippen molar-refractivity contribution in [1.82, 2.24) is 5.32 Å². The summed E-state index contributed by atoms with van der Waals surface area (Å²) in [5.74, 6) is 0. The second-order valence-electron chi connectivity index (χ2n) is 1.29. The third-order valence-electron chi connectivity index (χ3n) is 0.722. The van der Waals surface area contributed by atoms with Crippen LogP contribution in [0.4, 0.5) is 4.79 Å². The summed E-state index contributed by atoms with van der Waals surface area (Å²) in [5.41, 5.74) is 0. The second-order valence-corrected chi connectivity index (χ2v) is 1.29. The number of nitrogens with one attached hydrogen (secondary N) is 1. The molecule has 0 atom stereocenters. The fourth-order valence-corrected chi connectivity index (χ4v) is 0.409. The van der Waals surface area contributed by atoms with Gasteiger partial charge in [0.1, 0.15) is 6.61 Å². The number of carbonyl (C=O) groups excluding carboxylic acids is 1. The molecule has 0 bridgehead atoms. The van der Waals surface area contributed by atoms with Crippen LogP contribution in [-0.2, 0) is 4.74 Å². The van der Waals surface area contributed by atoms with Gasteiger partial charge in [0.05, 0.1) is 0 Å². The zero-order chi connectivity index (χ0) is 5.11. The maximum absolute atomic E-state index is 10.1. The molecule has 3 heteroatoms. The van der Waals surface area contributed by atoms with Crippen LogP contribution in [0.15, 0.2) is 0 Å². The molecular formula is C4H6NO2. The molecule has 0 unspecified atom stereocenters. The van der Waals surface area contributed by atoms with Gasteiger partial charge in [0.25, 0.3) is 0 Å². The van der Waals surface area contributed by atoms with Crippen molar-refractivity contribution < 1.29 is 9.53 Å². The molecule has 0 spiro atoms. The standard InChI is InChI=1S/C4H6NO2/c6-4-5-2-1-3-7-4/h3H,1-2H2,(H,5,6). The number of rotatable bonds is 0. The fraction of sp³-hybridized carbons (Fsp3) is 0.500. The lowest BCUT2D eigenvalue weighted by molar-refractivity contribution is 0.157. The summed E-state index contributed by atoms with van der Waals surface area (Å²) in [6.45, 7) is 2.21. The van der Waals surface area contributed by atoms with Crippen molar-refractivity contribution in [3.63, 3.8) is 0 Å². The van der Waals surface area contributed by atoms with Crippen molar-refractivity contribution in [3.05, 3.63) is 6.61 Å². The van der Waals surface area contributed by atoms with E-state index in [1.54, 1.807) is 0 Å². The van der Waals surface area contributed by atoms with E-state index >= 15 is 0 Å². The Bertz CT molecular complexity index is 73.8. The summed E-state index contributed by atoms with van der Waals surface area (Å²) < 4.78 is 4.40. The Morgan fingerprint density at radius 3 is 3.00 bits per heavy atom. The molecule has 1 aliphatic rings. The Morgan fingerprint density at radius 1 is 1.86 bits per heavy atom. The smallest absolute Gasteiger partial charge is 0.407 e. The second kappa shape index (κ2) is 1.82. The van der Waals surface area contributed by atoms with Gasteiger partial charge in [-0.3, -0.25) is 0 Å². The molecular weight excluding hydrogens is 94.0 g/mol. The van der Waals surface area contributed by atoms with Crippen LogP contribution in [0, 0.1) is 6.61 Å². The molecule has 1 N–H and O–H groups in total. The third-order valence-corrected chi connectivity index (χ3v) is 0.722. The van der Waals surface area contributed by atoms with Crippen molar-refractivity contribution in [2.75, 3.05) is 6.54 Å². The molecule has 1 aliphatic heterocycles. The average molecular weight is 100 g/mol. The maximum Gasteiger partial charge on any atom is 0.407 e. The lowest BCUT2D eigenvalue weighted by Gasteiger charge is -2.09. The average Bonchev–Trinajstić information content (AvgIpc) is 1.69. The van der Waals surface area contributed by atoms with Crippen LogP contribution in [-0.4, -0.2) is 12.6 Å². The predicted molar refractivity (Wildman–Crippen MR) is 23.4 cm³/mol. The van der Waals surface area contributed by atoms with Crippen molar-refractivity contribution >= 4 is 6.09 Å². The topological polar surface area (TPSA) is 38.3 Å². The van der Waals surface area contributed by atoms with E-state index in [4.69, 9.17) is 0 Å². The molecule has 1 heterocycles. The van der Waals surface area contributed by atoms with Crippen molar-refractivity contribution in [2.45, 2.75) is 6.42 Å². The Hall–Kier alpha value is -0.730. The number of hydrogen-bond donors (Lipinski definition) is 1. The van der Waals surface area contributed by atoms with E-state index < -0.39 is 0 Å².